The standard InChI is InChI=1S/C15H26N2/c1-4-15(2,3)12-17-11-5-6-13-7-9-14(16)10-8-13/h7-10,17H,4-6,11-12,16H2,1-3H3. The van der Waals surface area contributed by atoms with Gasteiger partial charge >= 0.3 is 0 Å². The topological polar surface area (TPSA) is 38.0 Å². The molecule has 2 nitrogen and oxygen atoms in total. The normalized spacial score (nSPS) is 11.7. The predicted octanol–water partition coefficient (Wildman–Crippen LogP) is 3.23. The monoisotopic (exact) mass is 234 g/mol. The van der Waals surface area contributed by atoms with E-state index in [1.165, 1.54) is 18.4 Å². The van der Waals surface area contributed by atoms with E-state index < -0.39 is 0 Å². The Hall–Kier alpha value is -1.02. The maximum atomic E-state index is 5.65. The lowest BCUT2D eigenvalue weighted by atomic mass is 9.90. The molecule has 2 heteroatoms. The molecule has 0 bridgehead atoms. The second kappa shape index (κ2) is 6.65. The van der Waals surface area contributed by atoms with Crippen LogP contribution < -0.4 is 11.1 Å². The Labute approximate surface area is 106 Å². The third-order valence-electron chi connectivity index (χ3n) is 3.36. The second-order valence-corrected chi connectivity index (χ2v) is 5.54. The average molecular weight is 234 g/mol. The van der Waals surface area contributed by atoms with Crippen LogP contribution in [0.2, 0.25) is 0 Å². The van der Waals surface area contributed by atoms with Gasteiger partial charge in [-0.3, -0.25) is 0 Å². The minimum absolute atomic E-state index is 0.418. The number of benzene rings is 1. The Morgan fingerprint density at radius 1 is 1.18 bits per heavy atom. The van der Waals surface area contributed by atoms with Gasteiger partial charge in [0, 0.05) is 12.2 Å². The fourth-order valence-corrected chi connectivity index (χ4v) is 1.65. The van der Waals surface area contributed by atoms with Crippen LogP contribution in [0.25, 0.3) is 0 Å². The molecule has 1 aromatic carbocycles. The molecule has 0 atom stereocenters. The molecule has 17 heavy (non-hydrogen) atoms. The molecule has 0 aliphatic carbocycles. The summed E-state index contributed by atoms with van der Waals surface area (Å²) in [5, 5.41) is 3.53. The van der Waals surface area contributed by atoms with Gasteiger partial charge in [-0.2, -0.15) is 0 Å². The Bertz CT molecular complexity index is 314. The summed E-state index contributed by atoms with van der Waals surface area (Å²) in [6.07, 6.45) is 3.53. The summed E-state index contributed by atoms with van der Waals surface area (Å²) in [5.74, 6) is 0. The number of anilines is 1. The number of nitrogens with two attached hydrogens (primary N) is 1. The van der Waals surface area contributed by atoms with Gasteiger partial charge in [0.2, 0.25) is 0 Å². The highest BCUT2D eigenvalue weighted by atomic mass is 14.9. The van der Waals surface area contributed by atoms with E-state index in [4.69, 9.17) is 5.73 Å². The zero-order chi connectivity index (χ0) is 12.7. The van der Waals surface area contributed by atoms with E-state index in [0.717, 1.165) is 25.2 Å². The van der Waals surface area contributed by atoms with Gasteiger partial charge in [-0.25, -0.2) is 0 Å². The van der Waals surface area contributed by atoms with Gasteiger partial charge in [0.05, 0.1) is 0 Å². The number of rotatable bonds is 7. The Kier molecular flexibility index (Phi) is 5.49. The average Bonchev–Trinajstić information content (AvgIpc) is 2.31. The molecule has 0 aliphatic heterocycles. The van der Waals surface area contributed by atoms with E-state index in [1.54, 1.807) is 0 Å². The van der Waals surface area contributed by atoms with E-state index in [1.807, 2.05) is 12.1 Å². The van der Waals surface area contributed by atoms with Crippen molar-refractivity contribution in [3.8, 4) is 0 Å². The second-order valence-electron chi connectivity index (χ2n) is 5.54. The highest BCUT2D eigenvalue weighted by Crippen LogP contribution is 2.17. The fraction of sp³-hybridized carbons (Fsp3) is 0.600. The first-order chi connectivity index (χ1) is 8.03. The van der Waals surface area contributed by atoms with Crippen molar-refractivity contribution >= 4 is 5.69 Å². The summed E-state index contributed by atoms with van der Waals surface area (Å²) in [7, 11) is 0. The van der Waals surface area contributed by atoms with Crippen LogP contribution in [0.1, 0.15) is 39.2 Å². The van der Waals surface area contributed by atoms with Crippen molar-refractivity contribution in [1.82, 2.24) is 5.32 Å². The quantitative estimate of drug-likeness (QED) is 0.561. The highest BCUT2D eigenvalue weighted by molar-refractivity contribution is 5.39. The van der Waals surface area contributed by atoms with Gasteiger partial charge in [0.1, 0.15) is 0 Å². The minimum Gasteiger partial charge on any atom is -0.399 e. The maximum absolute atomic E-state index is 5.65. The number of aryl methyl sites for hydroxylation is 1. The number of hydrogen-bond donors (Lipinski definition) is 2. The van der Waals surface area contributed by atoms with Crippen LogP contribution >= 0.6 is 0 Å². The number of nitrogens with one attached hydrogen (secondary N) is 1. The predicted molar refractivity (Wildman–Crippen MR) is 76.1 cm³/mol. The first-order valence-corrected chi connectivity index (χ1v) is 6.58. The van der Waals surface area contributed by atoms with Gasteiger partial charge in [0.25, 0.3) is 0 Å². The van der Waals surface area contributed by atoms with Crippen molar-refractivity contribution in [2.45, 2.75) is 40.0 Å². The Morgan fingerprint density at radius 3 is 2.41 bits per heavy atom. The third kappa shape index (κ3) is 5.73. The molecule has 96 valence electrons. The molecule has 0 unspecified atom stereocenters. The lowest BCUT2D eigenvalue weighted by molar-refractivity contribution is 0.328. The summed E-state index contributed by atoms with van der Waals surface area (Å²) in [4.78, 5) is 0. The smallest absolute Gasteiger partial charge is 0.0314 e. The lowest BCUT2D eigenvalue weighted by Gasteiger charge is -2.22. The summed E-state index contributed by atoms with van der Waals surface area (Å²) < 4.78 is 0. The maximum Gasteiger partial charge on any atom is 0.0314 e. The van der Waals surface area contributed by atoms with Crippen LogP contribution in [0.15, 0.2) is 24.3 Å². The van der Waals surface area contributed by atoms with Gasteiger partial charge in [0.15, 0.2) is 0 Å². The molecule has 0 heterocycles. The van der Waals surface area contributed by atoms with E-state index in [9.17, 15) is 0 Å². The SMILES string of the molecule is CCC(C)(C)CNCCCc1ccc(N)cc1. The number of hydrogen-bond acceptors (Lipinski definition) is 2. The molecular weight excluding hydrogens is 208 g/mol. The van der Waals surface area contributed by atoms with Crippen LogP contribution in [-0.2, 0) is 6.42 Å². The minimum atomic E-state index is 0.418. The molecule has 1 rings (SSSR count). The number of nitrogen functional groups attached to an aromatic ring is 1. The molecule has 0 aliphatic rings. The zero-order valence-electron chi connectivity index (χ0n) is 11.4. The summed E-state index contributed by atoms with van der Waals surface area (Å²) >= 11 is 0. The molecule has 0 radical (unpaired) electrons. The molecule has 0 saturated carbocycles. The van der Waals surface area contributed by atoms with E-state index in [-0.39, 0.29) is 0 Å². The van der Waals surface area contributed by atoms with E-state index >= 15 is 0 Å². The van der Waals surface area contributed by atoms with Crippen LogP contribution in [0.3, 0.4) is 0 Å². The van der Waals surface area contributed by atoms with Crippen molar-refractivity contribution in [3.05, 3.63) is 29.8 Å². The largest absolute Gasteiger partial charge is 0.399 e. The van der Waals surface area contributed by atoms with Gasteiger partial charge in [-0.15, -0.1) is 0 Å². The van der Waals surface area contributed by atoms with Gasteiger partial charge in [-0.1, -0.05) is 32.9 Å². The molecule has 1 aromatic rings. The van der Waals surface area contributed by atoms with Crippen LogP contribution in [0, 0.1) is 5.41 Å². The lowest BCUT2D eigenvalue weighted by Crippen LogP contribution is -2.29. The Morgan fingerprint density at radius 2 is 1.82 bits per heavy atom. The third-order valence-corrected chi connectivity index (χ3v) is 3.36. The molecule has 0 spiro atoms. The van der Waals surface area contributed by atoms with E-state index in [0.29, 0.717) is 5.41 Å². The highest BCUT2D eigenvalue weighted by Gasteiger charge is 2.13. The molecule has 0 fully saturated rings. The van der Waals surface area contributed by atoms with Crippen molar-refractivity contribution in [3.63, 3.8) is 0 Å². The van der Waals surface area contributed by atoms with Crippen molar-refractivity contribution in [2.24, 2.45) is 5.41 Å². The first-order valence-electron chi connectivity index (χ1n) is 6.58. The zero-order valence-corrected chi connectivity index (χ0v) is 11.4. The summed E-state index contributed by atoms with van der Waals surface area (Å²) in [6, 6.07) is 8.18. The first kappa shape index (κ1) is 14.0. The van der Waals surface area contributed by atoms with Crippen molar-refractivity contribution in [2.75, 3.05) is 18.8 Å². The van der Waals surface area contributed by atoms with Gasteiger partial charge < -0.3 is 11.1 Å². The van der Waals surface area contributed by atoms with Crippen LogP contribution in [0.5, 0.6) is 0 Å². The molecule has 0 saturated heterocycles. The van der Waals surface area contributed by atoms with Crippen molar-refractivity contribution in [1.29, 1.82) is 0 Å². The van der Waals surface area contributed by atoms with Gasteiger partial charge in [-0.05, 0) is 48.9 Å². The molecule has 0 amide bonds. The molecule has 3 N–H and O–H groups in total. The molecular formula is C15H26N2. The van der Waals surface area contributed by atoms with Crippen molar-refractivity contribution < 1.29 is 0 Å². The van der Waals surface area contributed by atoms with Crippen LogP contribution in [0.4, 0.5) is 5.69 Å². The molecule has 0 aromatic heterocycles. The van der Waals surface area contributed by atoms with Crippen LogP contribution in [-0.4, -0.2) is 13.1 Å². The summed E-state index contributed by atoms with van der Waals surface area (Å²) in [5.41, 5.74) is 8.29. The van der Waals surface area contributed by atoms with E-state index in [2.05, 4.69) is 38.2 Å². The Balaban J connectivity index is 2.14. The summed E-state index contributed by atoms with van der Waals surface area (Å²) in [6.45, 7) is 9.05. The fourth-order valence-electron chi connectivity index (χ4n) is 1.65.